The van der Waals surface area contributed by atoms with Gasteiger partial charge in [0.1, 0.15) is 6.10 Å². The monoisotopic (exact) mass is 256 g/mol. The topological polar surface area (TPSA) is 64.4 Å². The Morgan fingerprint density at radius 2 is 2.11 bits per heavy atom. The van der Waals surface area contributed by atoms with Gasteiger partial charge in [0.05, 0.1) is 6.10 Å². The zero-order chi connectivity index (χ0) is 13.8. The van der Waals surface area contributed by atoms with E-state index in [1.54, 1.807) is 0 Å². The second kappa shape index (κ2) is 6.53. The van der Waals surface area contributed by atoms with Crippen LogP contribution in [0.4, 0.5) is 0 Å². The number of amides is 1. The summed E-state index contributed by atoms with van der Waals surface area (Å²) in [4.78, 5) is 12.0. The smallest absolute Gasteiger partial charge is 0.249 e. The van der Waals surface area contributed by atoms with Crippen molar-refractivity contribution < 1.29 is 9.53 Å². The average molecular weight is 256 g/mol. The fourth-order valence-corrected chi connectivity index (χ4v) is 2.69. The van der Waals surface area contributed by atoms with Crippen LogP contribution in [0.3, 0.4) is 0 Å². The Morgan fingerprint density at radius 3 is 2.61 bits per heavy atom. The van der Waals surface area contributed by atoms with Gasteiger partial charge >= 0.3 is 0 Å². The maximum atomic E-state index is 12.0. The van der Waals surface area contributed by atoms with E-state index in [-0.39, 0.29) is 23.5 Å². The van der Waals surface area contributed by atoms with Crippen molar-refractivity contribution in [3.05, 3.63) is 0 Å². The van der Waals surface area contributed by atoms with Gasteiger partial charge in [-0.2, -0.15) is 0 Å². The Bertz CT molecular complexity index is 277. The van der Waals surface area contributed by atoms with Gasteiger partial charge in [-0.05, 0) is 30.6 Å². The summed E-state index contributed by atoms with van der Waals surface area (Å²) < 4.78 is 5.58. The van der Waals surface area contributed by atoms with Crippen molar-refractivity contribution in [2.45, 2.75) is 59.2 Å². The molecule has 1 saturated heterocycles. The quantitative estimate of drug-likeness (QED) is 0.760. The predicted molar refractivity (Wildman–Crippen MR) is 73.2 cm³/mol. The largest absolute Gasteiger partial charge is 0.364 e. The van der Waals surface area contributed by atoms with E-state index < -0.39 is 0 Å². The normalized spacial score (nSPS) is 24.6. The molecule has 0 spiro atoms. The molecule has 1 aliphatic heterocycles. The number of hydrogen-bond acceptors (Lipinski definition) is 3. The van der Waals surface area contributed by atoms with Crippen molar-refractivity contribution in [2.75, 3.05) is 13.1 Å². The Morgan fingerprint density at radius 1 is 1.44 bits per heavy atom. The lowest BCUT2D eigenvalue weighted by atomic mass is 9.84. The predicted octanol–water partition coefficient (Wildman–Crippen LogP) is 1.68. The van der Waals surface area contributed by atoms with Crippen molar-refractivity contribution >= 4 is 5.91 Å². The number of rotatable bonds is 6. The van der Waals surface area contributed by atoms with Gasteiger partial charge in [-0.1, -0.05) is 27.7 Å². The number of carbonyl (C=O) groups excluding carboxylic acids is 1. The van der Waals surface area contributed by atoms with Crippen LogP contribution in [0, 0.1) is 11.3 Å². The summed E-state index contributed by atoms with van der Waals surface area (Å²) >= 11 is 0. The van der Waals surface area contributed by atoms with E-state index in [1.165, 1.54) is 0 Å². The highest BCUT2D eigenvalue weighted by atomic mass is 16.5. The average Bonchev–Trinajstić information content (AvgIpc) is 2.72. The van der Waals surface area contributed by atoms with Crippen LogP contribution in [0.1, 0.15) is 47.0 Å². The third-order valence-corrected chi connectivity index (χ3v) is 3.36. The molecule has 1 heterocycles. The lowest BCUT2D eigenvalue weighted by molar-refractivity contribution is -0.132. The van der Waals surface area contributed by atoms with Gasteiger partial charge < -0.3 is 15.8 Å². The first-order valence-corrected chi connectivity index (χ1v) is 6.97. The molecule has 4 nitrogen and oxygen atoms in total. The molecule has 0 saturated carbocycles. The van der Waals surface area contributed by atoms with Gasteiger partial charge in [-0.25, -0.2) is 0 Å². The minimum atomic E-state index is -0.298. The summed E-state index contributed by atoms with van der Waals surface area (Å²) in [6.45, 7) is 9.99. The highest BCUT2D eigenvalue weighted by Crippen LogP contribution is 2.25. The first kappa shape index (κ1) is 15.4. The molecule has 0 aromatic heterocycles. The van der Waals surface area contributed by atoms with E-state index in [2.05, 4.69) is 33.0 Å². The van der Waals surface area contributed by atoms with Crippen LogP contribution in [0.15, 0.2) is 0 Å². The maximum Gasteiger partial charge on any atom is 0.249 e. The van der Waals surface area contributed by atoms with Crippen molar-refractivity contribution in [1.82, 2.24) is 5.32 Å². The maximum absolute atomic E-state index is 12.0. The second-order valence-corrected chi connectivity index (χ2v) is 6.54. The Labute approximate surface area is 111 Å². The molecule has 3 N–H and O–H groups in total. The molecule has 0 unspecified atom stereocenters. The first-order chi connectivity index (χ1) is 8.34. The van der Waals surface area contributed by atoms with Gasteiger partial charge in [0.2, 0.25) is 5.91 Å². The summed E-state index contributed by atoms with van der Waals surface area (Å²) in [6, 6.07) is 0. The number of nitrogens with two attached hydrogens (primary N) is 1. The summed E-state index contributed by atoms with van der Waals surface area (Å²) in [5, 5.41) is 3.01. The van der Waals surface area contributed by atoms with E-state index >= 15 is 0 Å². The van der Waals surface area contributed by atoms with Crippen LogP contribution < -0.4 is 11.1 Å². The lowest BCUT2D eigenvalue weighted by Crippen LogP contribution is -2.40. The molecule has 4 heteroatoms. The van der Waals surface area contributed by atoms with Crippen LogP contribution >= 0.6 is 0 Å². The fourth-order valence-electron chi connectivity index (χ4n) is 2.69. The van der Waals surface area contributed by atoms with E-state index in [0.29, 0.717) is 19.0 Å². The number of carbonyl (C=O) groups is 1. The Balaban J connectivity index is 2.33. The third kappa shape index (κ3) is 4.94. The van der Waals surface area contributed by atoms with Gasteiger partial charge in [0.25, 0.3) is 0 Å². The molecule has 0 aliphatic carbocycles. The van der Waals surface area contributed by atoms with Crippen LogP contribution in [0.5, 0.6) is 0 Å². The zero-order valence-electron chi connectivity index (χ0n) is 12.2. The van der Waals surface area contributed by atoms with Gasteiger partial charge in [-0.3, -0.25) is 4.79 Å². The number of nitrogens with one attached hydrogen (secondary N) is 1. The number of hydrogen-bond donors (Lipinski definition) is 2. The molecule has 0 bridgehead atoms. The van der Waals surface area contributed by atoms with Crippen molar-refractivity contribution in [3.8, 4) is 0 Å². The molecule has 1 fully saturated rings. The Kier molecular flexibility index (Phi) is 5.60. The molecule has 106 valence electrons. The highest BCUT2D eigenvalue weighted by Gasteiger charge is 2.30. The SMILES string of the molecule is CC(C)CC(C)(C)CNC(=O)[C@@H]1CC[C@H](CN)O1. The van der Waals surface area contributed by atoms with Gasteiger partial charge in [-0.15, -0.1) is 0 Å². The molecule has 1 amide bonds. The summed E-state index contributed by atoms with van der Waals surface area (Å²) in [6.07, 6.45) is 2.55. The molecule has 18 heavy (non-hydrogen) atoms. The van der Waals surface area contributed by atoms with Crippen molar-refractivity contribution in [3.63, 3.8) is 0 Å². The molecule has 0 radical (unpaired) electrons. The molecule has 1 aliphatic rings. The van der Waals surface area contributed by atoms with Crippen LogP contribution in [0.2, 0.25) is 0 Å². The second-order valence-electron chi connectivity index (χ2n) is 6.54. The molecular weight excluding hydrogens is 228 g/mol. The molecule has 2 atom stereocenters. The van der Waals surface area contributed by atoms with E-state index in [4.69, 9.17) is 10.5 Å². The Hall–Kier alpha value is -0.610. The number of ether oxygens (including phenoxy) is 1. The highest BCUT2D eigenvalue weighted by molar-refractivity contribution is 5.81. The van der Waals surface area contributed by atoms with E-state index in [1.807, 2.05) is 0 Å². The standard InChI is InChI=1S/C14H28N2O2/c1-10(2)7-14(3,4)9-16-13(17)12-6-5-11(8-15)18-12/h10-12H,5-9,15H2,1-4H3,(H,16,17)/t11-,12+/m1/s1. The van der Waals surface area contributed by atoms with Gasteiger partial charge in [0, 0.05) is 13.1 Å². The molecule has 0 aromatic carbocycles. The van der Waals surface area contributed by atoms with E-state index in [0.717, 1.165) is 19.3 Å². The third-order valence-electron chi connectivity index (χ3n) is 3.36. The summed E-state index contributed by atoms with van der Waals surface area (Å²) in [7, 11) is 0. The zero-order valence-corrected chi connectivity index (χ0v) is 12.2. The van der Waals surface area contributed by atoms with Crippen molar-refractivity contribution in [2.24, 2.45) is 17.1 Å². The fraction of sp³-hybridized carbons (Fsp3) is 0.929. The molecule has 1 rings (SSSR count). The minimum Gasteiger partial charge on any atom is -0.364 e. The van der Waals surface area contributed by atoms with Crippen LogP contribution in [-0.2, 0) is 9.53 Å². The molecule has 0 aromatic rings. The molecular formula is C14H28N2O2. The van der Waals surface area contributed by atoms with E-state index in [9.17, 15) is 4.79 Å². The van der Waals surface area contributed by atoms with Crippen LogP contribution in [0.25, 0.3) is 0 Å². The van der Waals surface area contributed by atoms with Gasteiger partial charge in [0.15, 0.2) is 0 Å². The first-order valence-electron chi connectivity index (χ1n) is 6.97. The summed E-state index contributed by atoms with van der Waals surface area (Å²) in [5.41, 5.74) is 5.67. The lowest BCUT2D eigenvalue weighted by Gasteiger charge is -2.27. The van der Waals surface area contributed by atoms with Crippen molar-refractivity contribution in [1.29, 1.82) is 0 Å². The summed E-state index contributed by atoms with van der Waals surface area (Å²) in [5.74, 6) is 0.657. The van der Waals surface area contributed by atoms with Crippen LogP contribution in [-0.4, -0.2) is 31.2 Å². The minimum absolute atomic E-state index is 0.0165.